The number of hydrogen-bond donors (Lipinski definition) is 1. The van der Waals surface area contributed by atoms with Crippen LogP contribution in [-0.4, -0.2) is 20.6 Å². The van der Waals surface area contributed by atoms with Gasteiger partial charge < -0.3 is 5.11 Å². The molecule has 0 aliphatic carbocycles. The molecule has 1 N–H and O–H groups in total. The Morgan fingerprint density at radius 2 is 2.15 bits per heavy atom. The molecule has 74 valence electrons. The zero-order valence-electron chi connectivity index (χ0n) is 8.32. The van der Waals surface area contributed by atoms with Gasteiger partial charge in [0, 0.05) is 12.3 Å². The second-order valence-corrected chi connectivity index (χ2v) is 4.11. The predicted molar refractivity (Wildman–Crippen MR) is 54.0 cm³/mol. The van der Waals surface area contributed by atoms with E-state index in [4.69, 9.17) is 0 Å². The minimum Gasteiger partial charge on any atom is -0.393 e. The van der Waals surface area contributed by atoms with Gasteiger partial charge in [0.15, 0.2) is 0 Å². The summed E-state index contributed by atoms with van der Waals surface area (Å²) in [5, 5.41) is 10.3. The zero-order valence-corrected chi connectivity index (χ0v) is 9.14. The van der Waals surface area contributed by atoms with Crippen molar-refractivity contribution >= 4 is 11.5 Å². The summed E-state index contributed by atoms with van der Waals surface area (Å²) in [4.78, 5) is 4.37. The molecule has 0 aromatic carbocycles. The first-order chi connectivity index (χ1) is 6.15. The SMILES string of the molecule is CCCc1nsc(C(C)C(C)O)n1. The average molecular weight is 200 g/mol. The Bertz CT molecular complexity index is 260. The van der Waals surface area contributed by atoms with Crippen molar-refractivity contribution in [3.63, 3.8) is 0 Å². The molecule has 0 saturated heterocycles. The number of aliphatic hydroxyl groups excluding tert-OH is 1. The lowest BCUT2D eigenvalue weighted by Crippen LogP contribution is -2.10. The molecule has 2 unspecified atom stereocenters. The molecule has 0 radical (unpaired) electrons. The van der Waals surface area contributed by atoms with Crippen molar-refractivity contribution in [1.82, 2.24) is 9.36 Å². The third-order valence-corrected chi connectivity index (χ3v) is 3.02. The summed E-state index contributed by atoms with van der Waals surface area (Å²) in [6.45, 7) is 5.87. The molecule has 4 heteroatoms. The maximum absolute atomic E-state index is 9.35. The molecule has 3 nitrogen and oxygen atoms in total. The van der Waals surface area contributed by atoms with E-state index in [9.17, 15) is 5.11 Å². The third kappa shape index (κ3) is 2.74. The standard InChI is InChI=1S/C9H16N2OS/c1-4-5-8-10-9(13-11-8)6(2)7(3)12/h6-7,12H,4-5H2,1-3H3. The fourth-order valence-corrected chi connectivity index (χ4v) is 1.82. The van der Waals surface area contributed by atoms with Crippen LogP contribution in [0.1, 0.15) is 43.9 Å². The molecule has 0 bridgehead atoms. The van der Waals surface area contributed by atoms with Crippen LogP contribution < -0.4 is 0 Å². The van der Waals surface area contributed by atoms with Crippen molar-refractivity contribution in [1.29, 1.82) is 0 Å². The van der Waals surface area contributed by atoms with E-state index in [0.717, 1.165) is 23.7 Å². The molecule has 0 amide bonds. The van der Waals surface area contributed by atoms with Gasteiger partial charge in [-0.1, -0.05) is 13.8 Å². The normalized spacial score (nSPS) is 15.7. The Balaban J connectivity index is 2.67. The number of aliphatic hydroxyl groups is 1. The largest absolute Gasteiger partial charge is 0.393 e. The van der Waals surface area contributed by atoms with Crippen LogP contribution in [0.2, 0.25) is 0 Å². The van der Waals surface area contributed by atoms with E-state index < -0.39 is 0 Å². The monoisotopic (exact) mass is 200 g/mol. The summed E-state index contributed by atoms with van der Waals surface area (Å²) in [5.41, 5.74) is 0. The van der Waals surface area contributed by atoms with Crippen LogP contribution in [0.4, 0.5) is 0 Å². The highest BCUT2D eigenvalue weighted by Gasteiger charge is 2.15. The Morgan fingerprint density at radius 3 is 2.69 bits per heavy atom. The molecule has 0 fully saturated rings. The summed E-state index contributed by atoms with van der Waals surface area (Å²) < 4.78 is 4.23. The molecule has 1 aromatic heterocycles. The molecular formula is C9H16N2OS. The van der Waals surface area contributed by atoms with Gasteiger partial charge in [-0.15, -0.1) is 0 Å². The highest BCUT2D eigenvalue weighted by molar-refractivity contribution is 7.05. The first-order valence-electron chi connectivity index (χ1n) is 4.65. The van der Waals surface area contributed by atoms with Crippen LogP contribution in [0.25, 0.3) is 0 Å². The van der Waals surface area contributed by atoms with Crippen LogP contribution in [-0.2, 0) is 6.42 Å². The summed E-state index contributed by atoms with van der Waals surface area (Å²) in [6, 6.07) is 0. The highest BCUT2D eigenvalue weighted by atomic mass is 32.1. The third-order valence-electron chi connectivity index (χ3n) is 2.07. The maximum atomic E-state index is 9.35. The van der Waals surface area contributed by atoms with Crippen molar-refractivity contribution in [3.05, 3.63) is 10.8 Å². The first kappa shape index (κ1) is 10.6. The lowest BCUT2D eigenvalue weighted by Gasteiger charge is -2.09. The van der Waals surface area contributed by atoms with E-state index >= 15 is 0 Å². The van der Waals surface area contributed by atoms with Gasteiger partial charge in [0.1, 0.15) is 10.8 Å². The Kier molecular flexibility index (Phi) is 3.81. The van der Waals surface area contributed by atoms with Gasteiger partial charge in [-0.3, -0.25) is 0 Å². The molecule has 1 aromatic rings. The lowest BCUT2D eigenvalue weighted by atomic mass is 10.1. The van der Waals surface area contributed by atoms with Gasteiger partial charge >= 0.3 is 0 Å². The van der Waals surface area contributed by atoms with Gasteiger partial charge in [-0.2, -0.15) is 4.37 Å². The minimum absolute atomic E-state index is 0.100. The van der Waals surface area contributed by atoms with E-state index in [2.05, 4.69) is 16.3 Å². The number of hydrogen-bond acceptors (Lipinski definition) is 4. The lowest BCUT2D eigenvalue weighted by molar-refractivity contribution is 0.169. The summed E-state index contributed by atoms with van der Waals surface area (Å²) in [6.07, 6.45) is 1.66. The number of aromatic nitrogens is 2. The summed E-state index contributed by atoms with van der Waals surface area (Å²) in [7, 11) is 0. The van der Waals surface area contributed by atoms with Gasteiger partial charge in [0.25, 0.3) is 0 Å². The van der Waals surface area contributed by atoms with Crippen molar-refractivity contribution < 1.29 is 5.11 Å². The topological polar surface area (TPSA) is 46.0 Å². The molecule has 13 heavy (non-hydrogen) atoms. The average Bonchev–Trinajstić information content (AvgIpc) is 2.52. The maximum Gasteiger partial charge on any atom is 0.142 e. The molecule has 1 heterocycles. The van der Waals surface area contributed by atoms with Gasteiger partial charge in [0.05, 0.1) is 6.10 Å². The smallest absolute Gasteiger partial charge is 0.142 e. The van der Waals surface area contributed by atoms with Crippen LogP contribution in [0, 0.1) is 0 Å². The summed E-state index contributed by atoms with van der Waals surface area (Å²) >= 11 is 1.40. The molecular weight excluding hydrogens is 184 g/mol. The highest BCUT2D eigenvalue weighted by Crippen LogP contribution is 2.20. The molecule has 0 aliphatic heterocycles. The Hall–Kier alpha value is -0.480. The van der Waals surface area contributed by atoms with Crippen molar-refractivity contribution in [2.45, 2.75) is 45.6 Å². The van der Waals surface area contributed by atoms with E-state index in [1.807, 2.05) is 6.92 Å². The predicted octanol–water partition coefficient (Wildman–Crippen LogP) is 1.97. The second kappa shape index (κ2) is 4.67. The second-order valence-electron chi connectivity index (χ2n) is 3.33. The van der Waals surface area contributed by atoms with E-state index in [0.29, 0.717) is 0 Å². The number of aryl methyl sites for hydroxylation is 1. The van der Waals surface area contributed by atoms with Gasteiger partial charge in [-0.05, 0) is 24.9 Å². The van der Waals surface area contributed by atoms with E-state index in [1.165, 1.54) is 11.5 Å². The first-order valence-corrected chi connectivity index (χ1v) is 5.43. The van der Waals surface area contributed by atoms with Crippen LogP contribution >= 0.6 is 11.5 Å². The molecule has 0 spiro atoms. The van der Waals surface area contributed by atoms with Gasteiger partial charge in [0.2, 0.25) is 0 Å². The van der Waals surface area contributed by atoms with E-state index in [-0.39, 0.29) is 12.0 Å². The molecule has 1 rings (SSSR count). The zero-order chi connectivity index (χ0) is 9.84. The molecule has 2 atom stereocenters. The fourth-order valence-electron chi connectivity index (χ4n) is 0.984. The quantitative estimate of drug-likeness (QED) is 0.808. The van der Waals surface area contributed by atoms with Crippen molar-refractivity contribution in [2.24, 2.45) is 0 Å². The van der Waals surface area contributed by atoms with Crippen molar-refractivity contribution in [2.75, 3.05) is 0 Å². The number of nitrogens with zero attached hydrogens (tertiary/aromatic N) is 2. The Morgan fingerprint density at radius 1 is 1.46 bits per heavy atom. The number of rotatable bonds is 4. The van der Waals surface area contributed by atoms with E-state index in [1.54, 1.807) is 6.92 Å². The van der Waals surface area contributed by atoms with Crippen LogP contribution in [0.5, 0.6) is 0 Å². The van der Waals surface area contributed by atoms with Crippen LogP contribution in [0.15, 0.2) is 0 Å². The fraction of sp³-hybridized carbons (Fsp3) is 0.778. The molecule has 0 saturated carbocycles. The Labute approximate surface area is 83.0 Å². The minimum atomic E-state index is -0.345. The summed E-state index contributed by atoms with van der Waals surface area (Å²) in [5.74, 6) is 1.01. The molecule has 0 aliphatic rings. The van der Waals surface area contributed by atoms with Gasteiger partial charge in [-0.25, -0.2) is 4.98 Å². The van der Waals surface area contributed by atoms with Crippen molar-refractivity contribution in [3.8, 4) is 0 Å². The van der Waals surface area contributed by atoms with Crippen LogP contribution in [0.3, 0.4) is 0 Å².